The monoisotopic (exact) mass is 266 g/mol. The summed E-state index contributed by atoms with van der Waals surface area (Å²) in [6.07, 6.45) is 1.91. The summed E-state index contributed by atoms with van der Waals surface area (Å²) in [6, 6.07) is 7.95. The van der Waals surface area contributed by atoms with E-state index in [4.69, 9.17) is 5.11 Å². The first kappa shape index (κ1) is 10.4. The number of aliphatic hydroxyl groups excluding tert-OH is 1. The van der Waals surface area contributed by atoms with Gasteiger partial charge in [0, 0.05) is 23.3 Å². The highest BCUT2D eigenvalue weighted by atomic mass is 79.9. The molecule has 0 saturated heterocycles. The van der Waals surface area contributed by atoms with Gasteiger partial charge in [0.1, 0.15) is 0 Å². The Morgan fingerprint density at radius 1 is 1.33 bits per heavy atom. The van der Waals surface area contributed by atoms with Gasteiger partial charge in [-0.25, -0.2) is 0 Å². The van der Waals surface area contributed by atoms with Crippen LogP contribution >= 0.6 is 15.9 Å². The average molecular weight is 267 g/mol. The van der Waals surface area contributed by atoms with Crippen LogP contribution in [0.5, 0.6) is 0 Å². The Kier molecular flexibility index (Phi) is 2.88. The molecule has 2 rings (SSSR count). The summed E-state index contributed by atoms with van der Waals surface area (Å²) in [7, 11) is 1.85. The third-order valence-corrected chi connectivity index (χ3v) is 2.74. The van der Waals surface area contributed by atoms with Gasteiger partial charge < -0.3 is 5.11 Å². The average Bonchev–Trinajstić information content (AvgIpc) is 2.61. The molecule has 0 bridgehead atoms. The van der Waals surface area contributed by atoms with Crippen molar-refractivity contribution in [3.05, 3.63) is 40.6 Å². The van der Waals surface area contributed by atoms with Crippen molar-refractivity contribution in [3.8, 4) is 11.1 Å². The molecule has 1 N–H and O–H groups in total. The van der Waals surface area contributed by atoms with E-state index in [1.54, 1.807) is 4.68 Å². The summed E-state index contributed by atoms with van der Waals surface area (Å²) in [6.45, 7) is -0.0355. The third-order valence-electron chi connectivity index (χ3n) is 2.21. The zero-order chi connectivity index (χ0) is 10.8. The highest BCUT2D eigenvalue weighted by molar-refractivity contribution is 9.10. The van der Waals surface area contributed by atoms with Gasteiger partial charge in [-0.05, 0) is 17.7 Å². The van der Waals surface area contributed by atoms with Crippen molar-refractivity contribution in [1.29, 1.82) is 0 Å². The van der Waals surface area contributed by atoms with Crippen LogP contribution in [0, 0.1) is 0 Å². The fourth-order valence-corrected chi connectivity index (χ4v) is 1.79. The molecule has 1 aromatic carbocycles. The lowest BCUT2D eigenvalue weighted by molar-refractivity contribution is 0.276. The second-order valence-corrected chi connectivity index (χ2v) is 4.24. The molecule has 0 unspecified atom stereocenters. The Hall–Kier alpha value is -1.13. The Bertz CT molecular complexity index is 462. The molecule has 0 spiro atoms. The van der Waals surface area contributed by atoms with Crippen molar-refractivity contribution in [2.24, 2.45) is 7.05 Å². The zero-order valence-electron chi connectivity index (χ0n) is 8.31. The highest BCUT2D eigenvalue weighted by Gasteiger charge is 2.08. The summed E-state index contributed by atoms with van der Waals surface area (Å²) in [5.74, 6) is 0. The molecule has 15 heavy (non-hydrogen) atoms. The Balaban J connectivity index is 2.48. The number of hydrogen-bond acceptors (Lipinski definition) is 2. The predicted octanol–water partition coefficient (Wildman–Crippen LogP) is 2.34. The maximum absolute atomic E-state index is 9.16. The van der Waals surface area contributed by atoms with Gasteiger partial charge in [0.15, 0.2) is 0 Å². The van der Waals surface area contributed by atoms with Gasteiger partial charge in [0.05, 0.1) is 12.3 Å². The molecule has 1 aromatic heterocycles. The van der Waals surface area contributed by atoms with E-state index >= 15 is 0 Å². The summed E-state index contributed by atoms with van der Waals surface area (Å²) >= 11 is 3.39. The molecule has 0 amide bonds. The van der Waals surface area contributed by atoms with Crippen LogP contribution < -0.4 is 0 Å². The minimum atomic E-state index is -0.0355. The van der Waals surface area contributed by atoms with Crippen LogP contribution in [-0.4, -0.2) is 14.9 Å². The van der Waals surface area contributed by atoms with Crippen LogP contribution in [0.4, 0.5) is 0 Å². The van der Waals surface area contributed by atoms with E-state index < -0.39 is 0 Å². The Morgan fingerprint density at radius 3 is 2.60 bits per heavy atom. The van der Waals surface area contributed by atoms with Gasteiger partial charge in [-0.1, -0.05) is 28.1 Å². The summed E-state index contributed by atoms with van der Waals surface area (Å²) < 4.78 is 2.75. The van der Waals surface area contributed by atoms with Crippen LogP contribution in [0.1, 0.15) is 5.69 Å². The molecular weight excluding hydrogens is 256 g/mol. The predicted molar refractivity (Wildman–Crippen MR) is 62.3 cm³/mol. The zero-order valence-corrected chi connectivity index (χ0v) is 9.90. The molecule has 0 aliphatic carbocycles. The van der Waals surface area contributed by atoms with Gasteiger partial charge in [-0.15, -0.1) is 0 Å². The van der Waals surface area contributed by atoms with E-state index in [-0.39, 0.29) is 6.61 Å². The maximum Gasteiger partial charge on any atom is 0.0957 e. The lowest BCUT2D eigenvalue weighted by Crippen LogP contribution is -1.90. The highest BCUT2D eigenvalue weighted by Crippen LogP contribution is 2.24. The topological polar surface area (TPSA) is 38.0 Å². The molecule has 0 atom stereocenters. The second kappa shape index (κ2) is 4.16. The molecular formula is C11H11BrN2O. The van der Waals surface area contributed by atoms with Crippen molar-refractivity contribution in [1.82, 2.24) is 9.78 Å². The van der Waals surface area contributed by atoms with Crippen LogP contribution in [0.3, 0.4) is 0 Å². The van der Waals surface area contributed by atoms with Crippen molar-refractivity contribution >= 4 is 15.9 Å². The normalized spacial score (nSPS) is 10.6. The summed E-state index contributed by atoms with van der Waals surface area (Å²) in [5.41, 5.74) is 2.75. The molecule has 78 valence electrons. The quantitative estimate of drug-likeness (QED) is 0.906. The molecule has 0 aliphatic rings. The number of aryl methyl sites for hydroxylation is 1. The summed E-state index contributed by atoms with van der Waals surface area (Å²) in [4.78, 5) is 0. The van der Waals surface area contributed by atoms with Gasteiger partial charge in [0.25, 0.3) is 0 Å². The van der Waals surface area contributed by atoms with Crippen molar-refractivity contribution < 1.29 is 5.11 Å². The van der Waals surface area contributed by atoms with Crippen molar-refractivity contribution in [2.45, 2.75) is 6.61 Å². The van der Waals surface area contributed by atoms with Crippen molar-refractivity contribution in [2.75, 3.05) is 0 Å². The Labute approximate surface area is 96.5 Å². The second-order valence-electron chi connectivity index (χ2n) is 3.33. The molecule has 2 aromatic rings. The van der Waals surface area contributed by atoms with Gasteiger partial charge in [-0.3, -0.25) is 4.68 Å². The molecule has 0 fully saturated rings. The Morgan fingerprint density at radius 2 is 2.00 bits per heavy atom. The van der Waals surface area contributed by atoms with Gasteiger partial charge in [-0.2, -0.15) is 5.10 Å². The van der Waals surface area contributed by atoms with E-state index in [2.05, 4.69) is 21.0 Å². The van der Waals surface area contributed by atoms with E-state index in [9.17, 15) is 0 Å². The molecule has 3 nitrogen and oxygen atoms in total. The van der Waals surface area contributed by atoms with Crippen LogP contribution in [0.2, 0.25) is 0 Å². The lowest BCUT2D eigenvalue weighted by atomic mass is 10.1. The number of rotatable bonds is 2. The molecule has 0 radical (unpaired) electrons. The fourth-order valence-electron chi connectivity index (χ4n) is 1.52. The molecule has 1 heterocycles. The van der Waals surface area contributed by atoms with E-state index in [0.29, 0.717) is 5.69 Å². The summed E-state index contributed by atoms with van der Waals surface area (Å²) in [5, 5.41) is 13.3. The number of benzene rings is 1. The van der Waals surface area contributed by atoms with E-state index in [1.165, 1.54) is 0 Å². The maximum atomic E-state index is 9.16. The van der Waals surface area contributed by atoms with Crippen LogP contribution in [0.15, 0.2) is 34.9 Å². The standard InChI is InChI=1S/C11H11BrN2O/c1-14-6-10(11(7-15)13-14)8-2-4-9(12)5-3-8/h2-6,15H,7H2,1H3. The first-order valence-corrected chi connectivity index (χ1v) is 5.39. The van der Waals surface area contributed by atoms with E-state index in [1.807, 2.05) is 37.5 Å². The first-order chi connectivity index (χ1) is 7.20. The number of nitrogens with zero attached hydrogens (tertiary/aromatic N) is 2. The number of aliphatic hydroxyl groups is 1. The fraction of sp³-hybridized carbons (Fsp3) is 0.182. The number of halogens is 1. The minimum absolute atomic E-state index is 0.0355. The molecule has 0 aliphatic heterocycles. The van der Waals surface area contributed by atoms with Crippen LogP contribution in [-0.2, 0) is 13.7 Å². The van der Waals surface area contributed by atoms with Gasteiger partial charge in [0.2, 0.25) is 0 Å². The smallest absolute Gasteiger partial charge is 0.0957 e. The third kappa shape index (κ3) is 2.11. The first-order valence-electron chi connectivity index (χ1n) is 4.60. The van der Waals surface area contributed by atoms with Crippen molar-refractivity contribution in [3.63, 3.8) is 0 Å². The molecule has 4 heteroatoms. The van der Waals surface area contributed by atoms with Crippen LogP contribution in [0.25, 0.3) is 11.1 Å². The molecule has 0 saturated carbocycles. The van der Waals surface area contributed by atoms with E-state index in [0.717, 1.165) is 15.6 Å². The SMILES string of the molecule is Cn1cc(-c2ccc(Br)cc2)c(CO)n1. The lowest BCUT2D eigenvalue weighted by Gasteiger charge is -1.99. The largest absolute Gasteiger partial charge is 0.390 e. The minimum Gasteiger partial charge on any atom is -0.390 e. The number of hydrogen-bond donors (Lipinski definition) is 1. The number of aromatic nitrogens is 2. The van der Waals surface area contributed by atoms with Gasteiger partial charge >= 0.3 is 0 Å².